The van der Waals surface area contributed by atoms with Gasteiger partial charge in [-0.3, -0.25) is 0 Å². The second kappa shape index (κ2) is 18.4. The third-order valence-corrected chi connectivity index (χ3v) is 13.6. The first kappa shape index (κ1) is 35.2. The quantitative estimate of drug-likeness (QED) is 0.324. The van der Waals surface area contributed by atoms with Crippen molar-refractivity contribution in [3.05, 3.63) is 46.5 Å². The molecule has 2 aromatic carbocycles. The van der Waals surface area contributed by atoms with Crippen LogP contribution < -0.4 is 0 Å². The van der Waals surface area contributed by atoms with Crippen molar-refractivity contribution in [3.63, 3.8) is 0 Å². The average molecular weight is 659 g/mol. The molecule has 4 aliphatic carbocycles. The van der Waals surface area contributed by atoms with Crippen LogP contribution in [0.5, 0.6) is 11.5 Å². The summed E-state index contributed by atoms with van der Waals surface area (Å²) in [5.74, 6) is 3.17. The molecular weight excluding hydrogens is 593 g/mol. The molecule has 4 saturated carbocycles. The first-order valence-corrected chi connectivity index (χ1v) is 21.4. The fourth-order valence-corrected chi connectivity index (χ4v) is 10.9. The van der Waals surface area contributed by atoms with Crippen LogP contribution in [0.3, 0.4) is 0 Å². The maximum atomic E-state index is 12.0. The molecule has 0 bridgehead atoms. The number of hydrogen-bond donors (Lipinski definition) is 2. The van der Waals surface area contributed by atoms with Crippen molar-refractivity contribution in [3.8, 4) is 11.5 Å². The third-order valence-electron chi connectivity index (χ3n) is 12.7. The Labute approximate surface area is 292 Å². The van der Waals surface area contributed by atoms with Crippen molar-refractivity contribution in [2.45, 2.75) is 213 Å². The molecule has 6 rings (SSSR count). The molecule has 0 saturated heterocycles. The van der Waals surface area contributed by atoms with E-state index in [0.29, 0.717) is 35.2 Å². The standard InChI is InChI=1S/C44H66O2S/c45-43-39(33-21-13-5-1-6-14-22-33)29-37(30-40(43)34-23-15-7-2-8-16-24-34)47-38-31-41(35-25-17-9-3-10-18-26-35)44(46)42(32-38)36-27-19-11-4-12-20-28-36/h29-36,45-46H,1-28H2. The normalized spacial score (nSPS) is 23.0. The molecule has 2 nitrogen and oxygen atoms in total. The van der Waals surface area contributed by atoms with Crippen LogP contribution in [0.25, 0.3) is 0 Å². The summed E-state index contributed by atoms with van der Waals surface area (Å²) >= 11 is 1.93. The van der Waals surface area contributed by atoms with Gasteiger partial charge >= 0.3 is 0 Å². The van der Waals surface area contributed by atoms with Gasteiger partial charge in [0.15, 0.2) is 0 Å². The fraction of sp³-hybridized carbons (Fsp3) is 0.727. The minimum absolute atomic E-state index is 0.471. The number of phenolic OH excluding ortho intramolecular Hbond substituents is 2. The molecule has 0 spiro atoms. The van der Waals surface area contributed by atoms with Crippen molar-refractivity contribution in [1.29, 1.82) is 0 Å². The molecule has 0 aromatic heterocycles. The largest absolute Gasteiger partial charge is 0.507 e. The zero-order valence-corrected chi connectivity index (χ0v) is 30.5. The van der Waals surface area contributed by atoms with Crippen LogP contribution in [-0.4, -0.2) is 10.2 Å². The van der Waals surface area contributed by atoms with Crippen LogP contribution in [0.2, 0.25) is 0 Å². The number of phenols is 2. The molecule has 0 heterocycles. The van der Waals surface area contributed by atoms with Crippen LogP contribution in [-0.2, 0) is 0 Å². The van der Waals surface area contributed by atoms with E-state index in [9.17, 15) is 10.2 Å². The smallest absolute Gasteiger partial charge is 0.122 e. The molecule has 260 valence electrons. The van der Waals surface area contributed by atoms with E-state index >= 15 is 0 Å². The van der Waals surface area contributed by atoms with Gasteiger partial charge in [0.1, 0.15) is 11.5 Å². The monoisotopic (exact) mass is 658 g/mol. The van der Waals surface area contributed by atoms with Crippen molar-refractivity contribution in [2.75, 3.05) is 0 Å². The Balaban J connectivity index is 1.39. The van der Waals surface area contributed by atoms with Gasteiger partial charge in [-0.1, -0.05) is 140 Å². The Morgan fingerprint density at radius 3 is 0.723 bits per heavy atom. The highest BCUT2D eigenvalue weighted by Crippen LogP contribution is 2.49. The summed E-state index contributed by atoms with van der Waals surface area (Å²) in [5.41, 5.74) is 4.97. The maximum Gasteiger partial charge on any atom is 0.122 e. The molecule has 0 unspecified atom stereocenters. The Bertz CT molecular complexity index is 1040. The Morgan fingerprint density at radius 1 is 0.319 bits per heavy atom. The maximum absolute atomic E-state index is 12.0. The molecule has 2 N–H and O–H groups in total. The Morgan fingerprint density at radius 2 is 0.511 bits per heavy atom. The van der Waals surface area contributed by atoms with Crippen LogP contribution in [0.4, 0.5) is 0 Å². The van der Waals surface area contributed by atoms with Gasteiger partial charge in [0, 0.05) is 9.79 Å². The molecule has 47 heavy (non-hydrogen) atoms. The van der Waals surface area contributed by atoms with Crippen molar-refractivity contribution < 1.29 is 10.2 Å². The highest BCUT2D eigenvalue weighted by Gasteiger charge is 2.27. The lowest BCUT2D eigenvalue weighted by molar-refractivity contribution is 0.403. The number of hydrogen-bond acceptors (Lipinski definition) is 3. The Kier molecular flexibility index (Phi) is 13.8. The third kappa shape index (κ3) is 9.76. The summed E-state index contributed by atoms with van der Waals surface area (Å²) in [7, 11) is 0. The van der Waals surface area contributed by atoms with Gasteiger partial charge in [-0.2, -0.15) is 0 Å². The minimum atomic E-state index is 0.471. The summed E-state index contributed by atoms with van der Waals surface area (Å²) in [4.78, 5) is 2.63. The van der Waals surface area contributed by atoms with E-state index in [4.69, 9.17) is 0 Å². The van der Waals surface area contributed by atoms with E-state index < -0.39 is 0 Å². The molecular formula is C44H66O2S. The zero-order chi connectivity index (χ0) is 32.3. The lowest BCUT2D eigenvalue weighted by atomic mass is 9.81. The summed E-state index contributed by atoms with van der Waals surface area (Å²) in [6.45, 7) is 0. The van der Waals surface area contributed by atoms with Crippen molar-refractivity contribution in [1.82, 2.24) is 0 Å². The van der Waals surface area contributed by atoms with Gasteiger partial charge in [0.2, 0.25) is 0 Å². The van der Waals surface area contributed by atoms with E-state index in [0.717, 1.165) is 0 Å². The molecule has 0 amide bonds. The molecule has 0 atom stereocenters. The predicted molar refractivity (Wildman–Crippen MR) is 201 cm³/mol. The molecule has 2 aromatic rings. The van der Waals surface area contributed by atoms with E-state index in [1.165, 1.54) is 212 Å². The van der Waals surface area contributed by atoms with E-state index in [1.807, 2.05) is 11.8 Å². The first-order valence-electron chi connectivity index (χ1n) is 20.6. The molecule has 3 heteroatoms. The van der Waals surface area contributed by atoms with Gasteiger partial charge in [0.25, 0.3) is 0 Å². The van der Waals surface area contributed by atoms with Crippen LogP contribution in [0.1, 0.15) is 226 Å². The van der Waals surface area contributed by atoms with Crippen LogP contribution >= 0.6 is 11.8 Å². The lowest BCUT2D eigenvalue weighted by Crippen LogP contribution is -2.08. The van der Waals surface area contributed by atoms with Gasteiger partial charge in [0.05, 0.1) is 0 Å². The second-order valence-electron chi connectivity index (χ2n) is 16.2. The van der Waals surface area contributed by atoms with Crippen molar-refractivity contribution in [2.24, 2.45) is 0 Å². The van der Waals surface area contributed by atoms with Gasteiger partial charge in [-0.05, 0) is 122 Å². The number of rotatable bonds is 6. The van der Waals surface area contributed by atoms with E-state index in [2.05, 4.69) is 24.3 Å². The van der Waals surface area contributed by atoms with E-state index in [1.54, 1.807) is 0 Å². The van der Waals surface area contributed by atoms with Gasteiger partial charge < -0.3 is 10.2 Å². The molecule has 4 fully saturated rings. The molecule has 0 radical (unpaired) electrons. The predicted octanol–water partition coefficient (Wildman–Crippen LogP) is 14.6. The SMILES string of the molecule is Oc1c(C2CCCCCCC2)cc(Sc2cc(C3CCCCCCC3)c(O)c(C3CCCCCCC3)c2)cc1C1CCCCCCC1. The first-order chi connectivity index (χ1) is 23.2. The fourth-order valence-electron chi connectivity index (χ4n) is 9.87. The van der Waals surface area contributed by atoms with Crippen molar-refractivity contribution >= 4 is 11.8 Å². The summed E-state index contributed by atoms with van der Waals surface area (Å²) in [6.07, 6.45) is 36.1. The van der Waals surface area contributed by atoms with Gasteiger partial charge in [-0.15, -0.1) is 0 Å². The van der Waals surface area contributed by atoms with Crippen LogP contribution in [0.15, 0.2) is 34.1 Å². The highest BCUT2D eigenvalue weighted by molar-refractivity contribution is 7.99. The van der Waals surface area contributed by atoms with Gasteiger partial charge in [-0.25, -0.2) is 0 Å². The van der Waals surface area contributed by atoms with E-state index in [-0.39, 0.29) is 0 Å². The molecule has 0 aliphatic heterocycles. The lowest BCUT2D eigenvalue weighted by Gasteiger charge is -2.28. The summed E-state index contributed by atoms with van der Waals surface area (Å²) in [5, 5.41) is 24.1. The van der Waals surface area contributed by atoms with Crippen LogP contribution in [0, 0.1) is 0 Å². The average Bonchev–Trinajstić information content (AvgIpc) is 2.99. The second-order valence-corrected chi connectivity index (χ2v) is 17.3. The Hall–Kier alpha value is -1.61. The number of benzene rings is 2. The summed E-state index contributed by atoms with van der Waals surface area (Å²) < 4.78 is 0. The summed E-state index contributed by atoms with van der Waals surface area (Å²) in [6, 6.07) is 9.60. The topological polar surface area (TPSA) is 40.5 Å². The zero-order valence-electron chi connectivity index (χ0n) is 29.7. The minimum Gasteiger partial charge on any atom is -0.507 e. The number of aromatic hydroxyl groups is 2. The highest BCUT2D eigenvalue weighted by atomic mass is 32.2. The molecule has 4 aliphatic rings.